The summed E-state index contributed by atoms with van der Waals surface area (Å²) in [4.78, 5) is 0. The van der Waals surface area contributed by atoms with Gasteiger partial charge in [-0.25, -0.2) is 0 Å². The first-order valence-electron chi connectivity index (χ1n) is 3.52. The van der Waals surface area contributed by atoms with Crippen molar-refractivity contribution >= 4 is 0 Å². The minimum atomic E-state index is -0.0729. The Balaban J connectivity index is 1.90. The van der Waals surface area contributed by atoms with Crippen molar-refractivity contribution in [3.63, 3.8) is 0 Å². The molecular formula is C6H8O4. The van der Waals surface area contributed by atoms with Gasteiger partial charge in [-0.05, 0) is 0 Å². The van der Waals surface area contributed by atoms with E-state index in [1.807, 2.05) is 0 Å². The zero-order valence-electron chi connectivity index (χ0n) is 5.36. The van der Waals surface area contributed by atoms with E-state index in [-0.39, 0.29) is 25.2 Å². The van der Waals surface area contributed by atoms with Gasteiger partial charge >= 0.3 is 0 Å². The third-order valence-corrected chi connectivity index (χ3v) is 1.98. The van der Waals surface area contributed by atoms with Crippen molar-refractivity contribution in [1.82, 2.24) is 0 Å². The molecule has 0 aromatic rings. The van der Waals surface area contributed by atoms with Crippen molar-refractivity contribution < 1.29 is 18.9 Å². The quantitative estimate of drug-likeness (QED) is 0.486. The van der Waals surface area contributed by atoms with Gasteiger partial charge in [0.05, 0.1) is 12.8 Å². The van der Waals surface area contributed by atoms with Crippen LogP contribution in [0.15, 0.2) is 0 Å². The molecule has 0 atom stereocenters. The van der Waals surface area contributed by atoms with Crippen molar-refractivity contribution in [2.45, 2.75) is 38.0 Å². The molecule has 4 fully saturated rings. The minimum absolute atomic E-state index is 0.0729. The molecule has 0 amide bonds. The third-order valence-electron chi connectivity index (χ3n) is 1.98. The van der Waals surface area contributed by atoms with Gasteiger partial charge in [-0.3, -0.25) is 0 Å². The number of rotatable bonds is 0. The Kier molecular flexibility index (Phi) is 0.936. The maximum atomic E-state index is 5.30. The first-order chi connectivity index (χ1) is 4.90. The Morgan fingerprint density at radius 1 is 0.600 bits per heavy atom. The first kappa shape index (κ1) is 5.49. The third kappa shape index (κ3) is 0.645. The van der Waals surface area contributed by atoms with Crippen LogP contribution in [0.1, 0.15) is 12.8 Å². The molecule has 0 aliphatic carbocycles. The van der Waals surface area contributed by atoms with E-state index in [0.717, 1.165) is 0 Å². The Bertz CT molecular complexity index is 101. The van der Waals surface area contributed by atoms with Crippen LogP contribution in [0.2, 0.25) is 0 Å². The van der Waals surface area contributed by atoms with Crippen LogP contribution in [0.5, 0.6) is 0 Å². The van der Waals surface area contributed by atoms with E-state index in [2.05, 4.69) is 0 Å². The largest absolute Gasteiger partial charge is 0.323 e. The molecule has 0 aromatic heterocycles. The van der Waals surface area contributed by atoms with E-state index in [0.29, 0.717) is 12.8 Å². The van der Waals surface area contributed by atoms with Crippen molar-refractivity contribution in [1.29, 1.82) is 0 Å². The van der Waals surface area contributed by atoms with E-state index >= 15 is 0 Å². The highest BCUT2D eigenvalue weighted by atomic mass is 16.9. The molecule has 10 heavy (non-hydrogen) atoms. The van der Waals surface area contributed by atoms with Crippen LogP contribution in [-0.4, -0.2) is 25.2 Å². The predicted molar refractivity (Wildman–Crippen MR) is 28.7 cm³/mol. The number of hydrogen-bond acceptors (Lipinski definition) is 4. The summed E-state index contributed by atoms with van der Waals surface area (Å²) < 4.78 is 21.2. The second-order valence-electron chi connectivity index (χ2n) is 2.73. The Hall–Kier alpha value is -0.160. The fourth-order valence-electron chi connectivity index (χ4n) is 1.56. The molecule has 0 spiro atoms. The number of hydrogen-bond donors (Lipinski definition) is 0. The molecule has 4 heteroatoms. The van der Waals surface area contributed by atoms with E-state index in [1.54, 1.807) is 0 Å². The molecule has 4 heterocycles. The summed E-state index contributed by atoms with van der Waals surface area (Å²) in [6.07, 6.45) is 1.14. The lowest BCUT2D eigenvalue weighted by Gasteiger charge is -2.48. The highest BCUT2D eigenvalue weighted by Crippen LogP contribution is 2.36. The highest BCUT2D eigenvalue weighted by Gasteiger charge is 2.45. The van der Waals surface area contributed by atoms with Crippen LogP contribution in [0.25, 0.3) is 0 Å². The molecule has 0 radical (unpaired) electrons. The Morgan fingerprint density at radius 3 is 1.20 bits per heavy atom. The fourth-order valence-corrected chi connectivity index (χ4v) is 1.56. The summed E-state index contributed by atoms with van der Waals surface area (Å²) in [5, 5.41) is 0. The van der Waals surface area contributed by atoms with E-state index < -0.39 is 0 Å². The van der Waals surface area contributed by atoms with Gasteiger partial charge in [0.2, 0.25) is 0 Å². The second-order valence-corrected chi connectivity index (χ2v) is 2.73. The SMILES string of the molecule is C1C2OC3CC(O2)OC1O3. The van der Waals surface area contributed by atoms with Gasteiger partial charge in [-0.1, -0.05) is 0 Å². The molecule has 4 bridgehead atoms. The normalized spacial score (nSPS) is 57.6. The van der Waals surface area contributed by atoms with Crippen molar-refractivity contribution in [3.8, 4) is 0 Å². The van der Waals surface area contributed by atoms with Crippen LogP contribution in [0.3, 0.4) is 0 Å². The summed E-state index contributed by atoms with van der Waals surface area (Å²) in [5.74, 6) is 0. The van der Waals surface area contributed by atoms with Crippen molar-refractivity contribution in [3.05, 3.63) is 0 Å². The topological polar surface area (TPSA) is 36.9 Å². The predicted octanol–water partition coefficient (Wildman–Crippen LogP) is 0.178. The molecule has 0 N–H and O–H groups in total. The molecule has 0 aromatic carbocycles. The summed E-state index contributed by atoms with van der Waals surface area (Å²) in [5.41, 5.74) is 0. The van der Waals surface area contributed by atoms with Gasteiger partial charge in [0.25, 0.3) is 0 Å². The van der Waals surface area contributed by atoms with Gasteiger partial charge in [0.1, 0.15) is 0 Å². The summed E-state index contributed by atoms with van der Waals surface area (Å²) in [7, 11) is 0. The molecule has 0 saturated carbocycles. The summed E-state index contributed by atoms with van der Waals surface area (Å²) >= 11 is 0. The maximum Gasteiger partial charge on any atom is 0.168 e. The molecule has 4 saturated heterocycles. The zero-order chi connectivity index (χ0) is 6.55. The number of ether oxygens (including phenoxy) is 4. The average Bonchev–Trinajstić information content (AvgIpc) is 1.82. The lowest BCUT2D eigenvalue weighted by atomic mass is 10.2. The maximum absolute atomic E-state index is 5.30. The van der Waals surface area contributed by atoms with E-state index in [1.165, 1.54) is 0 Å². The average molecular weight is 144 g/mol. The van der Waals surface area contributed by atoms with Gasteiger partial charge in [0, 0.05) is 0 Å². The molecule has 4 rings (SSSR count). The van der Waals surface area contributed by atoms with E-state index in [9.17, 15) is 0 Å². The van der Waals surface area contributed by atoms with E-state index in [4.69, 9.17) is 18.9 Å². The Labute approximate surface area is 58.0 Å². The van der Waals surface area contributed by atoms with Gasteiger partial charge in [-0.15, -0.1) is 0 Å². The fraction of sp³-hybridized carbons (Fsp3) is 1.00. The summed E-state index contributed by atoms with van der Waals surface area (Å²) in [6.45, 7) is 0. The molecule has 0 unspecified atom stereocenters. The standard InChI is InChI=1S/C6H8O4/c1-3-7-5-2-6(8-3)10-4(1)9-5/h3-6H,1-2H2. The zero-order valence-corrected chi connectivity index (χ0v) is 5.36. The van der Waals surface area contributed by atoms with Crippen LogP contribution in [0.4, 0.5) is 0 Å². The summed E-state index contributed by atoms with van der Waals surface area (Å²) in [6, 6.07) is 0. The van der Waals surface area contributed by atoms with Crippen LogP contribution >= 0.6 is 0 Å². The monoisotopic (exact) mass is 144 g/mol. The lowest BCUT2D eigenvalue weighted by molar-refractivity contribution is -0.484. The van der Waals surface area contributed by atoms with Crippen molar-refractivity contribution in [2.75, 3.05) is 0 Å². The van der Waals surface area contributed by atoms with Gasteiger partial charge in [-0.2, -0.15) is 0 Å². The smallest absolute Gasteiger partial charge is 0.168 e. The highest BCUT2D eigenvalue weighted by molar-refractivity contribution is 4.73. The van der Waals surface area contributed by atoms with Crippen LogP contribution in [0, 0.1) is 0 Å². The first-order valence-corrected chi connectivity index (χ1v) is 3.52. The van der Waals surface area contributed by atoms with Crippen LogP contribution < -0.4 is 0 Å². The van der Waals surface area contributed by atoms with Gasteiger partial charge < -0.3 is 18.9 Å². The van der Waals surface area contributed by atoms with Crippen LogP contribution in [-0.2, 0) is 18.9 Å². The molecule has 4 aliphatic heterocycles. The molecule has 4 aliphatic rings. The Morgan fingerprint density at radius 2 is 0.900 bits per heavy atom. The molecular weight excluding hydrogens is 136 g/mol. The van der Waals surface area contributed by atoms with Gasteiger partial charge in [0.15, 0.2) is 25.2 Å². The second kappa shape index (κ2) is 1.71. The molecule has 4 nitrogen and oxygen atoms in total. The van der Waals surface area contributed by atoms with Crippen molar-refractivity contribution in [2.24, 2.45) is 0 Å². The lowest BCUT2D eigenvalue weighted by Crippen LogP contribution is -2.55. The minimum Gasteiger partial charge on any atom is -0.323 e. The molecule has 56 valence electrons.